The van der Waals surface area contributed by atoms with E-state index in [4.69, 9.17) is 5.26 Å². The highest BCUT2D eigenvalue weighted by molar-refractivity contribution is 5.47. The Balaban J connectivity index is 2.74. The van der Waals surface area contributed by atoms with E-state index in [1.165, 1.54) is 0 Å². The summed E-state index contributed by atoms with van der Waals surface area (Å²) in [5.74, 6) is -0.741. The van der Waals surface area contributed by atoms with Gasteiger partial charge >= 0.3 is 6.18 Å². The van der Waals surface area contributed by atoms with Gasteiger partial charge in [0.1, 0.15) is 5.82 Å². The normalized spacial score (nSPS) is 11.0. The fourth-order valence-corrected chi connectivity index (χ4v) is 1.23. The van der Waals surface area contributed by atoms with Crippen LogP contribution in [0.4, 0.5) is 23.2 Å². The predicted octanol–water partition coefficient (Wildman–Crippen LogP) is 3.56. The Bertz CT molecular complexity index is 420. The van der Waals surface area contributed by atoms with E-state index >= 15 is 0 Å². The topological polar surface area (TPSA) is 35.8 Å². The van der Waals surface area contributed by atoms with Crippen LogP contribution in [0.3, 0.4) is 0 Å². The average molecular weight is 246 g/mol. The smallest absolute Gasteiger partial charge is 0.383 e. The van der Waals surface area contributed by atoms with E-state index in [0.29, 0.717) is 12.5 Å². The zero-order valence-corrected chi connectivity index (χ0v) is 8.81. The highest BCUT2D eigenvalue weighted by Crippen LogP contribution is 2.31. The minimum atomic E-state index is -4.49. The summed E-state index contributed by atoms with van der Waals surface area (Å²) < 4.78 is 50.2. The lowest BCUT2D eigenvalue weighted by Crippen LogP contribution is -2.08. The minimum absolute atomic E-state index is 0.197. The molecular formula is C11H10F4N2. The van der Waals surface area contributed by atoms with Crippen molar-refractivity contribution in [2.75, 3.05) is 11.9 Å². The van der Waals surface area contributed by atoms with Crippen LogP contribution in [0, 0.1) is 17.1 Å². The molecule has 0 aliphatic heterocycles. The van der Waals surface area contributed by atoms with Gasteiger partial charge in [0.2, 0.25) is 0 Å². The third-order valence-electron chi connectivity index (χ3n) is 2.07. The van der Waals surface area contributed by atoms with Crippen LogP contribution in [-0.4, -0.2) is 6.54 Å². The first-order valence-corrected chi connectivity index (χ1v) is 4.92. The zero-order chi connectivity index (χ0) is 12.9. The van der Waals surface area contributed by atoms with Gasteiger partial charge in [0.05, 0.1) is 17.3 Å². The molecule has 0 saturated carbocycles. The largest absolute Gasteiger partial charge is 0.416 e. The second kappa shape index (κ2) is 5.53. The summed E-state index contributed by atoms with van der Waals surface area (Å²) in [6.07, 6.45) is -3.77. The lowest BCUT2D eigenvalue weighted by molar-refractivity contribution is -0.137. The average Bonchev–Trinajstić information content (AvgIpc) is 2.25. The number of unbranched alkanes of at least 4 members (excludes halogenated alkanes) is 1. The molecule has 0 aromatic heterocycles. The first-order chi connectivity index (χ1) is 7.95. The number of nitrogens with zero attached hydrogens (tertiary/aromatic N) is 1. The SMILES string of the molecule is N#CCCCNc1cc(C(F)(F)F)ccc1F. The van der Waals surface area contributed by atoms with Crippen molar-refractivity contribution in [3.05, 3.63) is 29.6 Å². The Labute approximate surface area is 95.9 Å². The summed E-state index contributed by atoms with van der Waals surface area (Å²) in [5.41, 5.74) is -1.10. The Morgan fingerprint density at radius 3 is 2.59 bits per heavy atom. The van der Waals surface area contributed by atoms with Crippen LogP contribution in [0.15, 0.2) is 18.2 Å². The van der Waals surface area contributed by atoms with Crippen molar-refractivity contribution in [3.8, 4) is 6.07 Å². The third-order valence-corrected chi connectivity index (χ3v) is 2.07. The molecule has 0 radical (unpaired) electrons. The maximum absolute atomic E-state index is 13.2. The molecule has 0 bridgehead atoms. The highest BCUT2D eigenvalue weighted by atomic mass is 19.4. The maximum atomic E-state index is 13.2. The predicted molar refractivity (Wildman–Crippen MR) is 54.7 cm³/mol. The molecule has 1 N–H and O–H groups in total. The monoisotopic (exact) mass is 246 g/mol. The number of nitrogens with one attached hydrogen (secondary N) is 1. The number of rotatable bonds is 4. The van der Waals surface area contributed by atoms with Crippen molar-refractivity contribution in [1.82, 2.24) is 0 Å². The lowest BCUT2D eigenvalue weighted by Gasteiger charge is -2.11. The fourth-order valence-electron chi connectivity index (χ4n) is 1.23. The van der Waals surface area contributed by atoms with Gasteiger partial charge in [-0.15, -0.1) is 0 Å². The second-order valence-electron chi connectivity index (χ2n) is 3.38. The summed E-state index contributed by atoms with van der Waals surface area (Å²) in [5, 5.41) is 10.8. The standard InChI is InChI=1S/C11H10F4N2/c12-9-4-3-8(11(13,14)15)7-10(9)17-6-2-1-5-16/h3-4,7,17H,1-2,6H2. The van der Waals surface area contributed by atoms with Gasteiger partial charge in [0, 0.05) is 13.0 Å². The zero-order valence-electron chi connectivity index (χ0n) is 8.81. The molecule has 6 heteroatoms. The number of halogens is 4. The quantitative estimate of drug-likeness (QED) is 0.651. The van der Waals surface area contributed by atoms with Gasteiger partial charge in [0.15, 0.2) is 0 Å². The van der Waals surface area contributed by atoms with Crippen LogP contribution >= 0.6 is 0 Å². The first-order valence-electron chi connectivity index (χ1n) is 4.92. The van der Waals surface area contributed by atoms with E-state index in [2.05, 4.69) is 5.32 Å². The first kappa shape index (κ1) is 13.3. The molecule has 17 heavy (non-hydrogen) atoms. The third kappa shape index (κ3) is 3.94. The molecule has 0 aliphatic rings. The van der Waals surface area contributed by atoms with Crippen molar-refractivity contribution < 1.29 is 17.6 Å². The van der Waals surface area contributed by atoms with Gasteiger partial charge in [-0.1, -0.05) is 0 Å². The van der Waals surface area contributed by atoms with Crippen molar-refractivity contribution >= 4 is 5.69 Å². The van der Waals surface area contributed by atoms with E-state index in [1.54, 1.807) is 0 Å². The van der Waals surface area contributed by atoms with Gasteiger partial charge in [-0.2, -0.15) is 18.4 Å². The summed E-state index contributed by atoms with van der Waals surface area (Å²) in [7, 11) is 0. The van der Waals surface area contributed by atoms with E-state index < -0.39 is 17.6 Å². The van der Waals surface area contributed by atoms with Crippen LogP contribution in [0.2, 0.25) is 0 Å². The van der Waals surface area contributed by atoms with Crippen molar-refractivity contribution in [3.63, 3.8) is 0 Å². The molecule has 1 rings (SSSR count). The van der Waals surface area contributed by atoms with Crippen molar-refractivity contribution in [1.29, 1.82) is 5.26 Å². The summed E-state index contributed by atoms with van der Waals surface area (Å²) >= 11 is 0. The van der Waals surface area contributed by atoms with Gasteiger partial charge in [0.25, 0.3) is 0 Å². The summed E-state index contributed by atoms with van der Waals surface area (Å²) in [6, 6.07) is 4.08. The van der Waals surface area contributed by atoms with Gasteiger partial charge < -0.3 is 5.32 Å². The molecule has 0 atom stereocenters. The van der Waals surface area contributed by atoms with Crippen LogP contribution in [-0.2, 0) is 6.18 Å². The molecule has 92 valence electrons. The maximum Gasteiger partial charge on any atom is 0.416 e. The molecule has 0 amide bonds. The van der Waals surface area contributed by atoms with Gasteiger partial charge in [-0.05, 0) is 24.6 Å². The van der Waals surface area contributed by atoms with Crippen LogP contribution in [0.5, 0.6) is 0 Å². The van der Waals surface area contributed by atoms with Crippen molar-refractivity contribution in [2.24, 2.45) is 0 Å². The number of hydrogen-bond acceptors (Lipinski definition) is 2. The number of benzene rings is 1. The Hall–Kier alpha value is -1.77. The van der Waals surface area contributed by atoms with Crippen molar-refractivity contribution in [2.45, 2.75) is 19.0 Å². The van der Waals surface area contributed by atoms with E-state index in [9.17, 15) is 17.6 Å². The highest BCUT2D eigenvalue weighted by Gasteiger charge is 2.31. The molecule has 0 heterocycles. The Morgan fingerprint density at radius 1 is 1.29 bits per heavy atom. The summed E-state index contributed by atoms with van der Waals surface area (Å²) in [6.45, 7) is 0.256. The minimum Gasteiger partial charge on any atom is -0.383 e. The molecule has 1 aromatic carbocycles. The van der Waals surface area contributed by atoms with E-state index in [0.717, 1.165) is 12.1 Å². The molecule has 0 aliphatic carbocycles. The molecular weight excluding hydrogens is 236 g/mol. The molecule has 0 spiro atoms. The van der Waals surface area contributed by atoms with E-state index in [1.807, 2.05) is 6.07 Å². The second-order valence-corrected chi connectivity index (χ2v) is 3.38. The van der Waals surface area contributed by atoms with Crippen LogP contribution < -0.4 is 5.32 Å². The molecule has 1 aromatic rings. The van der Waals surface area contributed by atoms with Gasteiger partial charge in [-0.3, -0.25) is 0 Å². The van der Waals surface area contributed by atoms with E-state index in [-0.39, 0.29) is 18.7 Å². The van der Waals surface area contributed by atoms with Gasteiger partial charge in [-0.25, -0.2) is 4.39 Å². The molecule has 0 fully saturated rings. The van der Waals surface area contributed by atoms with Crippen LogP contribution in [0.25, 0.3) is 0 Å². The number of anilines is 1. The fraction of sp³-hybridized carbons (Fsp3) is 0.364. The van der Waals surface area contributed by atoms with Crippen LogP contribution in [0.1, 0.15) is 18.4 Å². The molecule has 0 saturated heterocycles. The Morgan fingerprint density at radius 2 is 2.00 bits per heavy atom. The molecule has 2 nitrogen and oxygen atoms in total. The molecule has 0 unspecified atom stereocenters. The number of alkyl halides is 3. The number of nitriles is 1. The lowest BCUT2D eigenvalue weighted by atomic mass is 10.2. The Kier molecular flexibility index (Phi) is 4.32. The summed E-state index contributed by atoms with van der Waals surface area (Å²) in [4.78, 5) is 0. The number of hydrogen-bond donors (Lipinski definition) is 1.